The molecule has 0 radical (unpaired) electrons. The van der Waals surface area contributed by atoms with E-state index in [0.29, 0.717) is 12.1 Å². The summed E-state index contributed by atoms with van der Waals surface area (Å²) in [5, 5.41) is 7.84. The van der Waals surface area contributed by atoms with Crippen molar-refractivity contribution >= 4 is 0 Å². The van der Waals surface area contributed by atoms with Crippen LogP contribution in [-0.2, 0) is 6.54 Å². The highest BCUT2D eigenvalue weighted by atomic mass is 15.3. The fourth-order valence-electron chi connectivity index (χ4n) is 2.32. The molecule has 0 amide bonds. The van der Waals surface area contributed by atoms with Gasteiger partial charge in [0.2, 0.25) is 0 Å². The highest BCUT2D eigenvalue weighted by molar-refractivity contribution is 5.02. The Labute approximate surface area is 97.6 Å². The van der Waals surface area contributed by atoms with Crippen LogP contribution >= 0.6 is 0 Å². The lowest BCUT2D eigenvalue weighted by molar-refractivity contribution is 0.193. The molecule has 0 bridgehead atoms. The van der Waals surface area contributed by atoms with Crippen molar-refractivity contribution in [3.63, 3.8) is 0 Å². The lowest BCUT2D eigenvalue weighted by atomic mass is 10.2. The van der Waals surface area contributed by atoms with E-state index in [2.05, 4.69) is 46.8 Å². The summed E-state index contributed by atoms with van der Waals surface area (Å²) in [6.07, 6.45) is 1.90. The summed E-state index contributed by atoms with van der Waals surface area (Å²) in [7, 11) is 0. The zero-order valence-corrected chi connectivity index (χ0v) is 10.5. The van der Waals surface area contributed by atoms with Gasteiger partial charge in [0.25, 0.3) is 0 Å². The Hall–Kier alpha value is -0.870. The molecular formula is C12H22N4. The molecule has 0 spiro atoms. The van der Waals surface area contributed by atoms with Gasteiger partial charge in [0.1, 0.15) is 0 Å². The van der Waals surface area contributed by atoms with Gasteiger partial charge in [-0.05, 0) is 26.8 Å². The largest absolute Gasteiger partial charge is 0.312 e. The van der Waals surface area contributed by atoms with Crippen LogP contribution in [0.15, 0.2) is 12.3 Å². The summed E-state index contributed by atoms with van der Waals surface area (Å²) in [6, 6.07) is 3.18. The molecule has 1 aromatic rings. The van der Waals surface area contributed by atoms with Crippen LogP contribution in [0.25, 0.3) is 0 Å². The molecule has 1 atom stereocenters. The maximum Gasteiger partial charge on any atom is 0.0527 e. The Bertz CT molecular complexity index is 332. The molecule has 2 rings (SSSR count). The maximum absolute atomic E-state index is 4.37. The molecule has 2 heterocycles. The quantitative estimate of drug-likeness (QED) is 0.836. The highest BCUT2D eigenvalue weighted by Crippen LogP contribution is 2.11. The molecule has 90 valence electrons. The lowest BCUT2D eigenvalue weighted by Crippen LogP contribution is -2.48. The zero-order chi connectivity index (χ0) is 11.5. The number of rotatable bonds is 3. The summed E-state index contributed by atoms with van der Waals surface area (Å²) < 4.78 is 2.12. The average molecular weight is 222 g/mol. The Balaban J connectivity index is 2.00. The van der Waals surface area contributed by atoms with E-state index in [1.807, 2.05) is 6.20 Å². The molecule has 1 fully saturated rings. The van der Waals surface area contributed by atoms with Crippen LogP contribution in [0.2, 0.25) is 0 Å². The van der Waals surface area contributed by atoms with Crippen LogP contribution in [0.1, 0.15) is 32.5 Å². The first kappa shape index (κ1) is 11.6. The number of hydrogen-bond donors (Lipinski definition) is 1. The van der Waals surface area contributed by atoms with E-state index in [1.165, 1.54) is 5.69 Å². The SMILES string of the molecule is CC(C)n1nccc1CN1CCN[C@@H](C)C1. The van der Waals surface area contributed by atoms with E-state index in [-0.39, 0.29) is 0 Å². The predicted octanol–water partition coefficient (Wildman–Crippen LogP) is 1.26. The number of hydrogen-bond acceptors (Lipinski definition) is 3. The predicted molar refractivity (Wildman–Crippen MR) is 65.4 cm³/mol. The molecule has 4 nitrogen and oxygen atoms in total. The molecule has 0 aliphatic carbocycles. The minimum absolute atomic E-state index is 0.449. The van der Waals surface area contributed by atoms with Crippen molar-refractivity contribution in [2.75, 3.05) is 19.6 Å². The van der Waals surface area contributed by atoms with Gasteiger partial charge in [-0.3, -0.25) is 9.58 Å². The van der Waals surface area contributed by atoms with Gasteiger partial charge < -0.3 is 5.32 Å². The van der Waals surface area contributed by atoms with E-state index in [0.717, 1.165) is 26.2 Å². The molecule has 4 heteroatoms. The fourth-order valence-corrected chi connectivity index (χ4v) is 2.32. The lowest BCUT2D eigenvalue weighted by Gasteiger charge is -2.32. The van der Waals surface area contributed by atoms with E-state index in [4.69, 9.17) is 0 Å². The second kappa shape index (κ2) is 4.97. The molecule has 0 saturated carbocycles. The van der Waals surface area contributed by atoms with E-state index in [1.54, 1.807) is 0 Å². The van der Waals surface area contributed by atoms with Gasteiger partial charge in [-0.1, -0.05) is 0 Å². The molecule has 1 aromatic heterocycles. The van der Waals surface area contributed by atoms with Gasteiger partial charge >= 0.3 is 0 Å². The van der Waals surface area contributed by atoms with E-state index in [9.17, 15) is 0 Å². The van der Waals surface area contributed by atoms with Crippen molar-refractivity contribution in [1.29, 1.82) is 0 Å². The summed E-state index contributed by atoms with van der Waals surface area (Å²) in [6.45, 7) is 11.0. The molecule has 16 heavy (non-hydrogen) atoms. The van der Waals surface area contributed by atoms with Gasteiger partial charge in [-0.25, -0.2) is 0 Å². The van der Waals surface area contributed by atoms with Crippen molar-refractivity contribution in [1.82, 2.24) is 20.0 Å². The van der Waals surface area contributed by atoms with Crippen LogP contribution in [0.5, 0.6) is 0 Å². The number of piperazine rings is 1. The first-order chi connectivity index (χ1) is 7.66. The molecule has 1 saturated heterocycles. The van der Waals surface area contributed by atoms with Crippen molar-refractivity contribution in [3.8, 4) is 0 Å². The van der Waals surface area contributed by atoms with Crippen LogP contribution in [0.3, 0.4) is 0 Å². The van der Waals surface area contributed by atoms with Gasteiger partial charge in [-0.2, -0.15) is 5.10 Å². The summed E-state index contributed by atoms with van der Waals surface area (Å²) in [5.74, 6) is 0. The van der Waals surface area contributed by atoms with Crippen molar-refractivity contribution < 1.29 is 0 Å². The zero-order valence-electron chi connectivity index (χ0n) is 10.5. The Morgan fingerprint density at radius 3 is 3.06 bits per heavy atom. The monoisotopic (exact) mass is 222 g/mol. The topological polar surface area (TPSA) is 33.1 Å². The van der Waals surface area contributed by atoms with E-state index >= 15 is 0 Å². The maximum atomic E-state index is 4.37. The molecule has 1 N–H and O–H groups in total. The summed E-state index contributed by atoms with van der Waals surface area (Å²) in [4.78, 5) is 2.50. The minimum atomic E-state index is 0.449. The van der Waals surface area contributed by atoms with Crippen LogP contribution < -0.4 is 5.32 Å². The fraction of sp³-hybridized carbons (Fsp3) is 0.750. The van der Waals surface area contributed by atoms with Gasteiger partial charge in [0.15, 0.2) is 0 Å². The van der Waals surface area contributed by atoms with Gasteiger partial charge in [0, 0.05) is 44.5 Å². The first-order valence-electron chi connectivity index (χ1n) is 6.15. The average Bonchev–Trinajstić information content (AvgIpc) is 2.66. The molecule has 0 unspecified atom stereocenters. The standard InChI is InChI=1S/C12H22N4/c1-10(2)16-12(4-5-14-16)9-15-7-6-13-11(3)8-15/h4-5,10-11,13H,6-9H2,1-3H3/t11-/m0/s1. The Kier molecular flexibility index (Phi) is 3.61. The Morgan fingerprint density at radius 1 is 1.56 bits per heavy atom. The summed E-state index contributed by atoms with van der Waals surface area (Å²) in [5.41, 5.74) is 1.32. The molecule has 1 aliphatic rings. The second-order valence-electron chi connectivity index (χ2n) is 4.95. The van der Waals surface area contributed by atoms with Crippen LogP contribution in [0, 0.1) is 0 Å². The smallest absolute Gasteiger partial charge is 0.0527 e. The summed E-state index contributed by atoms with van der Waals surface area (Å²) >= 11 is 0. The second-order valence-corrected chi connectivity index (χ2v) is 4.95. The third kappa shape index (κ3) is 2.62. The van der Waals surface area contributed by atoms with Gasteiger partial charge in [-0.15, -0.1) is 0 Å². The molecule has 1 aliphatic heterocycles. The van der Waals surface area contributed by atoms with Crippen molar-refractivity contribution in [2.24, 2.45) is 0 Å². The highest BCUT2D eigenvalue weighted by Gasteiger charge is 2.17. The third-order valence-electron chi connectivity index (χ3n) is 3.08. The van der Waals surface area contributed by atoms with Crippen molar-refractivity contribution in [2.45, 2.75) is 39.4 Å². The van der Waals surface area contributed by atoms with E-state index < -0.39 is 0 Å². The molecular weight excluding hydrogens is 200 g/mol. The number of nitrogens with zero attached hydrogens (tertiary/aromatic N) is 3. The number of nitrogens with one attached hydrogen (secondary N) is 1. The first-order valence-corrected chi connectivity index (χ1v) is 6.15. The minimum Gasteiger partial charge on any atom is -0.312 e. The van der Waals surface area contributed by atoms with Crippen LogP contribution in [-0.4, -0.2) is 40.4 Å². The van der Waals surface area contributed by atoms with Crippen LogP contribution in [0.4, 0.5) is 0 Å². The Morgan fingerprint density at radius 2 is 2.38 bits per heavy atom. The molecule has 0 aromatic carbocycles. The van der Waals surface area contributed by atoms with Gasteiger partial charge in [0.05, 0.1) is 5.69 Å². The van der Waals surface area contributed by atoms with Crippen molar-refractivity contribution in [3.05, 3.63) is 18.0 Å². The third-order valence-corrected chi connectivity index (χ3v) is 3.08. The normalized spacial score (nSPS) is 22.9. The number of aromatic nitrogens is 2.